The van der Waals surface area contributed by atoms with Gasteiger partial charge in [0.25, 0.3) is 5.91 Å². The molecule has 1 atom stereocenters. The fourth-order valence-corrected chi connectivity index (χ4v) is 2.94. The molecule has 0 aliphatic heterocycles. The number of nitrogens with one attached hydrogen (secondary N) is 1. The third-order valence-corrected chi connectivity index (χ3v) is 4.52. The van der Waals surface area contributed by atoms with Crippen molar-refractivity contribution < 1.29 is 14.3 Å². The van der Waals surface area contributed by atoms with Crippen LogP contribution in [-0.4, -0.2) is 59.8 Å². The van der Waals surface area contributed by atoms with Crippen LogP contribution in [0.5, 0.6) is 11.5 Å². The molecule has 2 rings (SSSR count). The number of carbonyl (C=O) groups excluding carboxylic acids is 1. The van der Waals surface area contributed by atoms with Crippen LogP contribution in [0.2, 0.25) is 0 Å². The van der Waals surface area contributed by atoms with Gasteiger partial charge in [-0.1, -0.05) is 18.2 Å². The number of amides is 1. The number of nitrogens with zero attached hydrogens (tertiary/aromatic N) is 2. The second kappa shape index (κ2) is 9.28. The zero-order valence-corrected chi connectivity index (χ0v) is 16.9. The highest BCUT2D eigenvalue weighted by atomic mass is 16.5. The van der Waals surface area contributed by atoms with E-state index in [1.807, 2.05) is 28.2 Å². The van der Waals surface area contributed by atoms with E-state index in [0.717, 1.165) is 11.3 Å². The second-order valence-corrected chi connectivity index (χ2v) is 6.72. The zero-order valence-electron chi connectivity index (χ0n) is 16.9. The standard InChI is InChI=1S/C21H29N3O3/c1-23(2)16-12-10-15(11-13-16)18(24(3)4)14-22-21(25)17-8-7-9-19(26-5)20(17)27-6/h7-13,18H,14H2,1-6H3,(H,22,25)/t18-/m1/s1. The van der Waals surface area contributed by atoms with Gasteiger partial charge in [0.15, 0.2) is 11.5 Å². The first kappa shape index (κ1) is 20.6. The van der Waals surface area contributed by atoms with Crippen LogP contribution in [0.1, 0.15) is 22.0 Å². The Morgan fingerprint density at radius 1 is 1.00 bits per heavy atom. The Bertz CT molecular complexity index is 758. The van der Waals surface area contributed by atoms with Crippen molar-refractivity contribution in [3.05, 3.63) is 53.6 Å². The highest BCUT2D eigenvalue weighted by molar-refractivity contribution is 5.97. The van der Waals surface area contributed by atoms with Crippen molar-refractivity contribution in [3.63, 3.8) is 0 Å². The number of hydrogen-bond donors (Lipinski definition) is 1. The molecule has 0 aliphatic rings. The van der Waals surface area contributed by atoms with E-state index >= 15 is 0 Å². The smallest absolute Gasteiger partial charge is 0.255 e. The molecule has 146 valence electrons. The number of hydrogen-bond acceptors (Lipinski definition) is 5. The van der Waals surface area contributed by atoms with E-state index in [1.54, 1.807) is 25.3 Å². The molecule has 0 fully saturated rings. The summed E-state index contributed by atoms with van der Waals surface area (Å²) < 4.78 is 10.6. The lowest BCUT2D eigenvalue weighted by Gasteiger charge is -2.26. The van der Waals surface area contributed by atoms with Crippen molar-refractivity contribution in [2.45, 2.75) is 6.04 Å². The van der Waals surface area contributed by atoms with Crippen molar-refractivity contribution in [2.75, 3.05) is 53.9 Å². The van der Waals surface area contributed by atoms with Crippen LogP contribution in [0, 0.1) is 0 Å². The molecule has 1 N–H and O–H groups in total. The number of para-hydroxylation sites is 1. The van der Waals surface area contributed by atoms with Gasteiger partial charge in [0.05, 0.1) is 25.8 Å². The summed E-state index contributed by atoms with van der Waals surface area (Å²) in [7, 11) is 11.1. The molecule has 0 unspecified atom stereocenters. The van der Waals surface area contributed by atoms with Crippen LogP contribution >= 0.6 is 0 Å². The Hall–Kier alpha value is -2.73. The SMILES string of the molecule is COc1cccc(C(=O)NC[C@H](c2ccc(N(C)C)cc2)N(C)C)c1OC. The summed E-state index contributed by atoms with van der Waals surface area (Å²) in [6, 6.07) is 13.7. The molecular weight excluding hydrogens is 342 g/mol. The van der Waals surface area contributed by atoms with Gasteiger partial charge in [0, 0.05) is 26.3 Å². The third kappa shape index (κ3) is 4.92. The summed E-state index contributed by atoms with van der Waals surface area (Å²) in [5.74, 6) is 0.783. The van der Waals surface area contributed by atoms with Crippen LogP contribution < -0.4 is 19.7 Å². The number of carbonyl (C=O) groups is 1. The molecule has 0 saturated heterocycles. The molecule has 6 heteroatoms. The first-order valence-corrected chi connectivity index (χ1v) is 8.82. The minimum absolute atomic E-state index is 0.0572. The summed E-state index contributed by atoms with van der Waals surface area (Å²) >= 11 is 0. The Morgan fingerprint density at radius 3 is 2.19 bits per heavy atom. The molecule has 6 nitrogen and oxygen atoms in total. The lowest BCUT2D eigenvalue weighted by atomic mass is 10.0. The van der Waals surface area contributed by atoms with E-state index < -0.39 is 0 Å². The minimum Gasteiger partial charge on any atom is -0.493 e. The van der Waals surface area contributed by atoms with Crippen molar-refractivity contribution in [1.82, 2.24) is 10.2 Å². The Labute approximate surface area is 161 Å². The molecule has 0 radical (unpaired) electrons. The third-order valence-electron chi connectivity index (χ3n) is 4.52. The van der Waals surface area contributed by atoms with E-state index in [9.17, 15) is 4.79 Å². The second-order valence-electron chi connectivity index (χ2n) is 6.72. The maximum atomic E-state index is 12.7. The molecule has 0 heterocycles. The highest BCUT2D eigenvalue weighted by Gasteiger charge is 2.19. The Morgan fingerprint density at radius 2 is 1.67 bits per heavy atom. The summed E-state index contributed by atoms with van der Waals surface area (Å²) in [6.45, 7) is 0.480. The largest absolute Gasteiger partial charge is 0.493 e. The molecule has 0 saturated carbocycles. The summed E-state index contributed by atoms with van der Waals surface area (Å²) in [4.78, 5) is 16.9. The van der Waals surface area contributed by atoms with Crippen LogP contribution in [0.4, 0.5) is 5.69 Å². The maximum absolute atomic E-state index is 12.7. The van der Waals surface area contributed by atoms with Gasteiger partial charge < -0.3 is 24.6 Å². The van der Waals surface area contributed by atoms with Gasteiger partial charge in [-0.2, -0.15) is 0 Å². The number of ether oxygens (including phenoxy) is 2. The van der Waals surface area contributed by atoms with Crippen LogP contribution in [0.15, 0.2) is 42.5 Å². The number of rotatable bonds is 8. The zero-order chi connectivity index (χ0) is 20.0. The predicted molar refractivity (Wildman–Crippen MR) is 109 cm³/mol. The molecule has 27 heavy (non-hydrogen) atoms. The normalized spacial score (nSPS) is 11.8. The minimum atomic E-state index is -0.192. The quantitative estimate of drug-likeness (QED) is 0.773. The lowest BCUT2D eigenvalue weighted by Crippen LogP contribution is -2.34. The number of benzene rings is 2. The number of likely N-dealkylation sites (N-methyl/N-ethyl adjacent to an activating group) is 1. The fourth-order valence-electron chi connectivity index (χ4n) is 2.94. The average Bonchev–Trinajstić information content (AvgIpc) is 2.67. The molecule has 0 aliphatic carbocycles. The van der Waals surface area contributed by atoms with Crippen LogP contribution in [0.3, 0.4) is 0 Å². The number of methoxy groups -OCH3 is 2. The molecule has 2 aromatic carbocycles. The monoisotopic (exact) mass is 371 g/mol. The molecule has 0 aromatic heterocycles. The fraction of sp³-hybridized carbons (Fsp3) is 0.381. The van der Waals surface area contributed by atoms with Crippen LogP contribution in [-0.2, 0) is 0 Å². The Balaban J connectivity index is 2.15. The Kier molecular flexibility index (Phi) is 7.07. The molecule has 0 bridgehead atoms. The van der Waals surface area contributed by atoms with E-state index in [2.05, 4.69) is 39.4 Å². The first-order valence-electron chi connectivity index (χ1n) is 8.82. The van der Waals surface area contributed by atoms with E-state index in [4.69, 9.17) is 9.47 Å². The molecule has 0 spiro atoms. The lowest BCUT2D eigenvalue weighted by molar-refractivity contribution is 0.0938. The summed E-state index contributed by atoms with van der Waals surface area (Å²) in [5.41, 5.74) is 2.74. The average molecular weight is 371 g/mol. The molecule has 1 amide bonds. The number of anilines is 1. The van der Waals surface area contributed by atoms with E-state index in [-0.39, 0.29) is 11.9 Å². The van der Waals surface area contributed by atoms with Crippen molar-refractivity contribution in [1.29, 1.82) is 0 Å². The van der Waals surface area contributed by atoms with Gasteiger partial charge in [-0.15, -0.1) is 0 Å². The van der Waals surface area contributed by atoms with Gasteiger partial charge in [-0.3, -0.25) is 4.79 Å². The van der Waals surface area contributed by atoms with Crippen molar-refractivity contribution in [2.24, 2.45) is 0 Å². The maximum Gasteiger partial charge on any atom is 0.255 e. The van der Waals surface area contributed by atoms with Gasteiger partial charge in [0.1, 0.15) is 0 Å². The van der Waals surface area contributed by atoms with Gasteiger partial charge in [-0.25, -0.2) is 0 Å². The van der Waals surface area contributed by atoms with Gasteiger partial charge >= 0.3 is 0 Å². The highest BCUT2D eigenvalue weighted by Crippen LogP contribution is 2.30. The predicted octanol–water partition coefficient (Wildman–Crippen LogP) is 2.80. The van der Waals surface area contributed by atoms with E-state index in [0.29, 0.717) is 23.6 Å². The molecule has 2 aromatic rings. The first-order chi connectivity index (χ1) is 12.9. The van der Waals surface area contributed by atoms with Crippen LogP contribution in [0.25, 0.3) is 0 Å². The summed E-state index contributed by atoms with van der Waals surface area (Å²) in [6.07, 6.45) is 0. The van der Waals surface area contributed by atoms with Gasteiger partial charge in [-0.05, 0) is 43.9 Å². The van der Waals surface area contributed by atoms with Crippen molar-refractivity contribution in [3.8, 4) is 11.5 Å². The topological polar surface area (TPSA) is 54.0 Å². The van der Waals surface area contributed by atoms with Gasteiger partial charge in [0.2, 0.25) is 0 Å². The van der Waals surface area contributed by atoms with Crippen molar-refractivity contribution >= 4 is 11.6 Å². The molecular formula is C21H29N3O3. The van der Waals surface area contributed by atoms with E-state index in [1.165, 1.54) is 7.11 Å². The summed E-state index contributed by atoms with van der Waals surface area (Å²) in [5, 5.41) is 3.02.